The van der Waals surface area contributed by atoms with Gasteiger partial charge in [0.25, 0.3) is 5.91 Å². The maximum absolute atomic E-state index is 12.1. The van der Waals surface area contributed by atoms with Crippen molar-refractivity contribution in [2.24, 2.45) is 0 Å². The second-order valence-corrected chi connectivity index (χ2v) is 6.30. The number of aromatic nitrogens is 3. The third-order valence-electron chi connectivity index (χ3n) is 4.24. The van der Waals surface area contributed by atoms with E-state index in [1.807, 2.05) is 18.2 Å². The van der Waals surface area contributed by atoms with Crippen molar-refractivity contribution in [3.05, 3.63) is 47.8 Å². The van der Waals surface area contributed by atoms with Crippen molar-refractivity contribution in [3.8, 4) is 11.4 Å². The van der Waals surface area contributed by atoms with E-state index < -0.39 is 0 Å². The van der Waals surface area contributed by atoms with Crippen LogP contribution in [0.1, 0.15) is 29.8 Å². The summed E-state index contributed by atoms with van der Waals surface area (Å²) in [7, 11) is 0. The van der Waals surface area contributed by atoms with Crippen molar-refractivity contribution in [1.82, 2.24) is 20.3 Å². The fourth-order valence-corrected chi connectivity index (χ4v) is 2.94. The van der Waals surface area contributed by atoms with Gasteiger partial charge in [0.15, 0.2) is 0 Å². The standard InChI is InChI=1S/C17H16N4O/c1-17(2)9-19-16(22)11-7-13-14(8-12(11)17)21-15(20-13)10-3-5-18-6-4-10/h3-8H,9H2,1-2H3,(H,19,22)(H,20,21). The predicted octanol–water partition coefficient (Wildman–Crippen LogP) is 2.65. The van der Waals surface area contributed by atoms with E-state index in [1.54, 1.807) is 12.4 Å². The Balaban J connectivity index is 1.93. The Hall–Kier alpha value is -2.69. The van der Waals surface area contributed by atoms with Crippen LogP contribution in [0.25, 0.3) is 22.4 Å². The molecule has 0 spiro atoms. The smallest absolute Gasteiger partial charge is 0.251 e. The number of aromatic amines is 1. The van der Waals surface area contributed by atoms with Crippen molar-refractivity contribution in [2.75, 3.05) is 6.54 Å². The van der Waals surface area contributed by atoms with E-state index in [9.17, 15) is 4.79 Å². The lowest BCUT2D eigenvalue weighted by Gasteiger charge is -2.32. The molecule has 1 aliphatic rings. The number of carbonyl (C=O) groups excluding carboxylic acids is 1. The molecule has 5 nitrogen and oxygen atoms in total. The molecule has 0 atom stereocenters. The van der Waals surface area contributed by atoms with Crippen LogP contribution in [-0.4, -0.2) is 27.4 Å². The first-order valence-electron chi connectivity index (χ1n) is 7.27. The number of fused-ring (bicyclic) bond motifs is 2. The van der Waals surface area contributed by atoms with Crippen molar-refractivity contribution < 1.29 is 4.79 Å². The molecule has 0 aliphatic carbocycles. The minimum Gasteiger partial charge on any atom is -0.351 e. The second kappa shape index (κ2) is 4.40. The molecule has 0 fully saturated rings. The highest BCUT2D eigenvalue weighted by Gasteiger charge is 2.32. The van der Waals surface area contributed by atoms with E-state index in [0.29, 0.717) is 6.54 Å². The first kappa shape index (κ1) is 13.0. The normalized spacial score (nSPS) is 16.4. The van der Waals surface area contributed by atoms with Crippen molar-refractivity contribution in [2.45, 2.75) is 19.3 Å². The molecule has 1 amide bonds. The fraction of sp³-hybridized carbons (Fsp3) is 0.235. The van der Waals surface area contributed by atoms with Gasteiger partial charge in [-0.25, -0.2) is 4.98 Å². The van der Waals surface area contributed by atoms with Crippen LogP contribution in [0.15, 0.2) is 36.7 Å². The van der Waals surface area contributed by atoms with Gasteiger partial charge in [-0.15, -0.1) is 0 Å². The first-order valence-corrected chi connectivity index (χ1v) is 7.27. The molecule has 3 aromatic rings. The molecular formula is C17H16N4O. The molecule has 5 heteroatoms. The van der Waals surface area contributed by atoms with E-state index in [2.05, 4.69) is 40.2 Å². The van der Waals surface area contributed by atoms with Crippen LogP contribution in [0, 0.1) is 0 Å². The van der Waals surface area contributed by atoms with Gasteiger partial charge in [-0.1, -0.05) is 13.8 Å². The van der Waals surface area contributed by atoms with Crippen LogP contribution in [0.2, 0.25) is 0 Å². The number of nitrogens with zero attached hydrogens (tertiary/aromatic N) is 2. The van der Waals surface area contributed by atoms with E-state index in [1.165, 1.54) is 0 Å². The van der Waals surface area contributed by atoms with Gasteiger partial charge in [-0.2, -0.15) is 0 Å². The Morgan fingerprint density at radius 3 is 2.73 bits per heavy atom. The van der Waals surface area contributed by atoms with Crippen molar-refractivity contribution in [3.63, 3.8) is 0 Å². The van der Waals surface area contributed by atoms with E-state index in [-0.39, 0.29) is 11.3 Å². The quantitative estimate of drug-likeness (QED) is 0.724. The average Bonchev–Trinajstić information content (AvgIpc) is 2.94. The number of carbonyl (C=O) groups is 1. The van der Waals surface area contributed by atoms with Gasteiger partial charge < -0.3 is 10.3 Å². The highest BCUT2D eigenvalue weighted by molar-refractivity contribution is 6.01. The van der Waals surface area contributed by atoms with Gasteiger partial charge in [0.1, 0.15) is 5.82 Å². The number of imidazole rings is 1. The summed E-state index contributed by atoms with van der Waals surface area (Å²) in [5.41, 5.74) is 4.43. The van der Waals surface area contributed by atoms with E-state index in [0.717, 1.165) is 33.5 Å². The number of benzene rings is 1. The Kier molecular flexibility index (Phi) is 2.60. The number of rotatable bonds is 1. The molecule has 3 heterocycles. The molecule has 0 saturated heterocycles. The molecule has 0 unspecified atom stereocenters. The zero-order valence-electron chi connectivity index (χ0n) is 12.5. The lowest BCUT2D eigenvalue weighted by Crippen LogP contribution is -2.43. The Morgan fingerprint density at radius 2 is 1.95 bits per heavy atom. The minimum absolute atomic E-state index is 0.0234. The average molecular weight is 292 g/mol. The summed E-state index contributed by atoms with van der Waals surface area (Å²) in [5.74, 6) is 0.766. The maximum atomic E-state index is 12.1. The van der Waals surface area contributed by atoms with Crippen LogP contribution in [0.5, 0.6) is 0 Å². The largest absolute Gasteiger partial charge is 0.351 e. The van der Waals surface area contributed by atoms with Gasteiger partial charge in [-0.05, 0) is 29.8 Å². The van der Waals surface area contributed by atoms with Crippen LogP contribution < -0.4 is 5.32 Å². The summed E-state index contributed by atoms with van der Waals surface area (Å²) in [6.45, 7) is 4.92. The summed E-state index contributed by atoms with van der Waals surface area (Å²) in [4.78, 5) is 24.1. The van der Waals surface area contributed by atoms with Crippen LogP contribution in [0.4, 0.5) is 0 Å². The first-order chi connectivity index (χ1) is 10.5. The van der Waals surface area contributed by atoms with Gasteiger partial charge in [0.05, 0.1) is 11.0 Å². The van der Waals surface area contributed by atoms with E-state index in [4.69, 9.17) is 0 Å². The third-order valence-corrected chi connectivity index (χ3v) is 4.24. The van der Waals surface area contributed by atoms with Crippen LogP contribution in [-0.2, 0) is 5.41 Å². The summed E-state index contributed by atoms with van der Waals surface area (Å²) in [6, 6.07) is 7.76. The maximum Gasteiger partial charge on any atom is 0.251 e. The number of hydrogen-bond acceptors (Lipinski definition) is 3. The molecule has 0 saturated carbocycles. The number of pyridine rings is 1. The Morgan fingerprint density at radius 1 is 1.18 bits per heavy atom. The molecule has 2 N–H and O–H groups in total. The molecule has 0 radical (unpaired) electrons. The van der Waals surface area contributed by atoms with Gasteiger partial charge in [0, 0.05) is 35.5 Å². The molecule has 0 bridgehead atoms. The highest BCUT2D eigenvalue weighted by atomic mass is 16.1. The summed E-state index contributed by atoms with van der Waals surface area (Å²) >= 11 is 0. The Bertz CT molecular complexity index is 880. The highest BCUT2D eigenvalue weighted by Crippen LogP contribution is 2.33. The summed E-state index contributed by atoms with van der Waals surface area (Å²) in [5, 5.41) is 2.95. The molecule has 110 valence electrons. The molecule has 4 rings (SSSR count). The zero-order valence-corrected chi connectivity index (χ0v) is 12.5. The SMILES string of the molecule is CC1(C)CNC(=O)c2cc3nc(-c4ccncc4)[nH]c3cc21. The summed E-state index contributed by atoms with van der Waals surface area (Å²) < 4.78 is 0. The number of amides is 1. The zero-order chi connectivity index (χ0) is 15.3. The minimum atomic E-state index is -0.0840. The predicted molar refractivity (Wildman–Crippen MR) is 84.7 cm³/mol. The number of hydrogen-bond donors (Lipinski definition) is 2. The molecule has 2 aromatic heterocycles. The summed E-state index contributed by atoms with van der Waals surface area (Å²) in [6.07, 6.45) is 3.48. The number of nitrogens with one attached hydrogen (secondary N) is 2. The van der Waals surface area contributed by atoms with E-state index >= 15 is 0 Å². The van der Waals surface area contributed by atoms with Gasteiger partial charge >= 0.3 is 0 Å². The third kappa shape index (κ3) is 1.89. The topological polar surface area (TPSA) is 70.7 Å². The van der Waals surface area contributed by atoms with Crippen LogP contribution >= 0.6 is 0 Å². The molecule has 22 heavy (non-hydrogen) atoms. The van der Waals surface area contributed by atoms with Gasteiger partial charge in [-0.3, -0.25) is 9.78 Å². The Labute approximate surface area is 127 Å². The van der Waals surface area contributed by atoms with Crippen LogP contribution in [0.3, 0.4) is 0 Å². The fourth-order valence-electron chi connectivity index (χ4n) is 2.94. The lowest BCUT2D eigenvalue weighted by atomic mass is 9.79. The lowest BCUT2D eigenvalue weighted by molar-refractivity contribution is 0.0930. The molecule has 1 aliphatic heterocycles. The number of H-pyrrole nitrogens is 1. The second-order valence-electron chi connectivity index (χ2n) is 6.30. The molecule has 1 aromatic carbocycles. The van der Waals surface area contributed by atoms with Crippen molar-refractivity contribution in [1.29, 1.82) is 0 Å². The molecular weight excluding hydrogens is 276 g/mol. The van der Waals surface area contributed by atoms with Gasteiger partial charge in [0.2, 0.25) is 0 Å². The van der Waals surface area contributed by atoms with Crippen molar-refractivity contribution >= 4 is 16.9 Å². The monoisotopic (exact) mass is 292 g/mol.